The van der Waals surface area contributed by atoms with Gasteiger partial charge in [0.2, 0.25) is 16.0 Å². The number of halogens is 1. The maximum absolute atomic E-state index is 13.0. The standard InChI is InChI=1S/C18H21FN4O4S/c1-12-16(24)15(17(25)20-11-13-5-7-14(19)8-6-13)21-18(22(12)2)23-9-3-4-10-28(23,26)27/h5-8,24H,1,3-4,9-11H2,2H3,(H,20,25). The predicted molar refractivity (Wildman–Crippen MR) is 102 cm³/mol. The number of nitrogens with one attached hydrogen (secondary N) is 1. The number of hydrogen-bond acceptors (Lipinski definition) is 6. The van der Waals surface area contributed by atoms with E-state index in [0.29, 0.717) is 18.4 Å². The summed E-state index contributed by atoms with van der Waals surface area (Å²) in [6.45, 7) is 4.05. The van der Waals surface area contributed by atoms with Gasteiger partial charge in [0.1, 0.15) is 5.82 Å². The predicted octanol–water partition coefficient (Wildman–Crippen LogP) is 1.45. The molecule has 0 atom stereocenters. The Kier molecular flexibility index (Phi) is 5.41. The van der Waals surface area contributed by atoms with Crippen LogP contribution in [-0.2, 0) is 21.4 Å². The fraction of sp³-hybridized carbons (Fsp3) is 0.333. The molecule has 2 aliphatic rings. The highest BCUT2D eigenvalue weighted by atomic mass is 32.2. The third kappa shape index (κ3) is 3.86. The summed E-state index contributed by atoms with van der Waals surface area (Å²) in [6, 6.07) is 5.58. The highest BCUT2D eigenvalue weighted by molar-refractivity contribution is 7.89. The van der Waals surface area contributed by atoms with Crippen molar-refractivity contribution in [2.24, 2.45) is 4.99 Å². The van der Waals surface area contributed by atoms with Crippen LogP contribution in [-0.4, -0.2) is 53.9 Å². The van der Waals surface area contributed by atoms with Crippen LogP contribution in [0.5, 0.6) is 0 Å². The van der Waals surface area contributed by atoms with Gasteiger partial charge in [0.25, 0.3) is 5.91 Å². The maximum Gasteiger partial charge on any atom is 0.274 e. The topological polar surface area (TPSA) is 102 Å². The zero-order valence-electron chi connectivity index (χ0n) is 15.4. The number of aliphatic hydroxyl groups is 1. The van der Waals surface area contributed by atoms with Crippen molar-refractivity contribution < 1.29 is 22.7 Å². The molecule has 1 amide bonds. The summed E-state index contributed by atoms with van der Waals surface area (Å²) in [5.41, 5.74) is 0.406. The van der Waals surface area contributed by atoms with E-state index in [4.69, 9.17) is 0 Å². The molecule has 0 aromatic heterocycles. The third-order valence-electron chi connectivity index (χ3n) is 4.57. The van der Waals surface area contributed by atoms with Crippen molar-refractivity contribution in [2.75, 3.05) is 19.3 Å². The molecule has 28 heavy (non-hydrogen) atoms. The summed E-state index contributed by atoms with van der Waals surface area (Å²) in [5.74, 6) is -1.50. The van der Waals surface area contributed by atoms with E-state index in [1.807, 2.05) is 0 Å². The zero-order valence-corrected chi connectivity index (χ0v) is 16.2. The smallest absolute Gasteiger partial charge is 0.274 e. The van der Waals surface area contributed by atoms with Gasteiger partial charge >= 0.3 is 0 Å². The van der Waals surface area contributed by atoms with Crippen LogP contribution in [0.2, 0.25) is 0 Å². The molecule has 8 nitrogen and oxygen atoms in total. The molecule has 1 aromatic rings. The largest absolute Gasteiger partial charge is 0.504 e. The lowest BCUT2D eigenvalue weighted by Gasteiger charge is -2.36. The van der Waals surface area contributed by atoms with Gasteiger partial charge in [-0.15, -0.1) is 0 Å². The maximum atomic E-state index is 13.0. The average Bonchev–Trinajstić information content (AvgIpc) is 2.66. The summed E-state index contributed by atoms with van der Waals surface area (Å²) in [7, 11) is -2.03. The van der Waals surface area contributed by atoms with Crippen molar-refractivity contribution >= 4 is 21.9 Å². The summed E-state index contributed by atoms with van der Waals surface area (Å²) in [5, 5.41) is 12.9. The molecule has 0 spiro atoms. The first kappa shape index (κ1) is 19.9. The third-order valence-corrected chi connectivity index (χ3v) is 6.39. The molecule has 2 heterocycles. The van der Waals surface area contributed by atoms with E-state index in [1.54, 1.807) is 0 Å². The van der Waals surface area contributed by atoms with Crippen LogP contribution in [0.3, 0.4) is 0 Å². The van der Waals surface area contributed by atoms with Crippen molar-refractivity contribution in [3.63, 3.8) is 0 Å². The molecule has 1 fully saturated rings. The number of rotatable bonds is 3. The van der Waals surface area contributed by atoms with Crippen LogP contribution in [0.15, 0.2) is 53.0 Å². The van der Waals surface area contributed by atoms with Gasteiger partial charge in [0.05, 0.1) is 11.4 Å². The van der Waals surface area contributed by atoms with Crippen LogP contribution in [0.1, 0.15) is 18.4 Å². The van der Waals surface area contributed by atoms with Crippen molar-refractivity contribution in [1.29, 1.82) is 0 Å². The van der Waals surface area contributed by atoms with E-state index in [2.05, 4.69) is 16.9 Å². The number of carbonyl (C=O) groups is 1. The number of nitrogens with zero attached hydrogens (tertiary/aromatic N) is 3. The second-order valence-corrected chi connectivity index (χ2v) is 8.53. The van der Waals surface area contributed by atoms with E-state index in [0.717, 1.165) is 4.31 Å². The number of sulfonamides is 1. The fourth-order valence-electron chi connectivity index (χ4n) is 2.91. The van der Waals surface area contributed by atoms with Crippen LogP contribution >= 0.6 is 0 Å². The quantitative estimate of drug-likeness (QED) is 0.788. The Balaban J connectivity index is 1.85. The minimum absolute atomic E-state index is 0.00582. The summed E-state index contributed by atoms with van der Waals surface area (Å²) in [4.78, 5) is 18.0. The van der Waals surface area contributed by atoms with Gasteiger partial charge in [-0.25, -0.2) is 22.1 Å². The lowest BCUT2D eigenvalue weighted by molar-refractivity contribution is -0.117. The molecule has 0 saturated carbocycles. The second-order valence-electron chi connectivity index (χ2n) is 6.52. The normalized spacial score (nSPS) is 19.5. The highest BCUT2D eigenvalue weighted by Gasteiger charge is 2.36. The number of guanidine groups is 1. The average molecular weight is 408 g/mol. The molecule has 0 aliphatic carbocycles. The Morgan fingerprint density at radius 3 is 2.64 bits per heavy atom. The van der Waals surface area contributed by atoms with Gasteiger partial charge in [-0.3, -0.25) is 4.79 Å². The fourth-order valence-corrected chi connectivity index (χ4v) is 4.52. The molecule has 150 valence electrons. The van der Waals surface area contributed by atoms with Crippen molar-refractivity contribution in [3.05, 3.63) is 59.4 Å². The Bertz CT molecular complexity index is 970. The van der Waals surface area contributed by atoms with Gasteiger partial charge in [-0.05, 0) is 30.5 Å². The van der Waals surface area contributed by atoms with Crippen LogP contribution in [0.25, 0.3) is 0 Å². The van der Waals surface area contributed by atoms with E-state index >= 15 is 0 Å². The van der Waals surface area contributed by atoms with Crippen molar-refractivity contribution in [1.82, 2.24) is 14.5 Å². The van der Waals surface area contributed by atoms with Crippen molar-refractivity contribution in [2.45, 2.75) is 19.4 Å². The number of aliphatic imine (C=N–C) groups is 1. The van der Waals surface area contributed by atoms with Crippen LogP contribution < -0.4 is 5.32 Å². The van der Waals surface area contributed by atoms with E-state index in [-0.39, 0.29) is 42.0 Å². The summed E-state index contributed by atoms with van der Waals surface area (Å²) < 4.78 is 38.9. The number of hydrogen-bond donors (Lipinski definition) is 2. The molecule has 0 bridgehead atoms. The van der Waals surface area contributed by atoms with E-state index in [9.17, 15) is 22.7 Å². The minimum Gasteiger partial charge on any atom is -0.504 e. The van der Waals surface area contributed by atoms with Crippen molar-refractivity contribution in [3.8, 4) is 0 Å². The van der Waals surface area contributed by atoms with E-state index < -0.39 is 21.7 Å². The van der Waals surface area contributed by atoms with Gasteiger partial charge in [-0.1, -0.05) is 18.7 Å². The SMILES string of the molecule is C=C1C(O)=C(C(=O)NCc2ccc(F)cc2)N=C(N2CCCCS2(=O)=O)N1C. The minimum atomic E-state index is -3.56. The molecule has 2 N–H and O–H groups in total. The number of benzene rings is 1. The first-order valence-corrected chi connectivity index (χ1v) is 10.3. The Hall–Kier alpha value is -2.88. The first-order chi connectivity index (χ1) is 13.2. The second kappa shape index (κ2) is 7.63. The lowest BCUT2D eigenvalue weighted by atomic mass is 10.2. The number of aliphatic hydroxyl groups excluding tert-OH is 1. The monoisotopic (exact) mass is 408 g/mol. The Morgan fingerprint density at radius 2 is 2.00 bits per heavy atom. The molecule has 1 saturated heterocycles. The van der Waals surface area contributed by atoms with Gasteiger partial charge in [-0.2, -0.15) is 0 Å². The zero-order chi connectivity index (χ0) is 20.5. The highest BCUT2D eigenvalue weighted by Crippen LogP contribution is 2.26. The molecule has 3 rings (SSSR count). The van der Waals surface area contributed by atoms with Crippen LogP contribution in [0.4, 0.5) is 4.39 Å². The summed E-state index contributed by atoms with van der Waals surface area (Å²) >= 11 is 0. The molecule has 1 aromatic carbocycles. The number of carbonyl (C=O) groups excluding carboxylic acids is 1. The molecule has 0 radical (unpaired) electrons. The number of likely N-dealkylation sites (N-methyl/N-ethyl adjacent to an activating group) is 1. The van der Waals surface area contributed by atoms with E-state index in [1.165, 1.54) is 36.2 Å². The van der Waals surface area contributed by atoms with Crippen LogP contribution in [0, 0.1) is 5.82 Å². The van der Waals surface area contributed by atoms with Gasteiger partial charge in [0, 0.05) is 20.1 Å². The molecule has 2 aliphatic heterocycles. The Morgan fingerprint density at radius 1 is 1.32 bits per heavy atom. The Labute approximate surface area is 162 Å². The lowest BCUT2D eigenvalue weighted by Crippen LogP contribution is -2.50. The molecule has 0 unspecified atom stereocenters. The summed E-state index contributed by atoms with van der Waals surface area (Å²) in [6.07, 6.45) is 1.23. The molecule has 10 heteroatoms. The van der Waals surface area contributed by atoms with Gasteiger partial charge < -0.3 is 15.3 Å². The first-order valence-electron chi connectivity index (χ1n) is 8.68. The van der Waals surface area contributed by atoms with Gasteiger partial charge in [0.15, 0.2) is 11.5 Å². The molecular formula is C18H21FN4O4S. The molecular weight excluding hydrogens is 387 g/mol. The number of amides is 1.